The first kappa shape index (κ1) is 16.4. The van der Waals surface area contributed by atoms with E-state index in [1.165, 1.54) is 6.07 Å². The summed E-state index contributed by atoms with van der Waals surface area (Å²) in [5.74, 6) is -0.247. The van der Waals surface area contributed by atoms with Crippen LogP contribution in [0.3, 0.4) is 0 Å². The molecule has 126 valence electrons. The Morgan fingerprint density at radius 3 is 2.87 bits per heavy atom. The van der Waals surface area contributed by atoms with Crippen molar-refractivity contribution in [3.63, 3.8) is 0 Å². The molecule has 1 aliphatic carbocycles. The van der Waals surface area contributed by atoms with Gasteiger partial charge in [-0.3, -0.25) is 9.69 Å². The number of benzene rings is 1. The Hall–Kier alpha value is -1.46. The zero-order chi connectivity index (χ0) is 16.6. The minimum atomic E-state index is -0.232. The highest BCUT2D eigenvalue weighted by Crippen LogP contribution is 2.47. The molecule has 23 heavy (non-hydrogen) atoms. The predicted molar refractivity (Wildman–Crippen MR) is 86.5 cm³/mol. The van der Waals surface area contributed by atoms with Gasteiger partial charge in [-0.2, -0.15) is 0 Å². The smallest absolute Gasteiger partial charge is 0.234 e. The lowest BCUT2D eigenvalue weighted by molar-refractivity contribution is -0.122. The van der Waals surface area contributed by atoms with E-state index in [1.54, 1.807) is 13.0 Å². The number of nitrogens with one attached hydrogen (secondary N) is 1. The first-order valence-electron chi connectivity index (χ1n) is 8.30. The normalized spacial score (nSPS) is 26.4. The number of carbonyl (C=O) groups is 1. The van der Waals surface area contributed by atoms with Gasteiger partial charge in [0.05, 0.1) is 18.2 Å². The third-order valence-electron chi connectivity index (χ3n) is 4.78. The van der Waals surface area contributed by atoms with Crippen molar-refractivity contribution in [3.05, 3.63) is 35.1 Å². The minimum Gasteiger partial charge on any atom is -0.371 e. The molecule has 0 unspecified atom stereocenters. The molecule has 1 aromatic rings. The van der Waals surface area contributed by atoms with Crippen LogP contribution in [0.1, 0.15) is 37.8 Å². The number of hydrogen-bond donors (Lipinski definition) is 1. The van der Waals surface area contributed by atoms with Gasteiger partial charge in [-0.25, -0.2) is 4.39 Å². The molecule has 4 rings (SSSR count). The fourth-order valence-electron chi connectivity index (χ4n) is 3.69. The van der Waals surface area contributed by atoms with E-state index < -0.39 is 0 Å². The quantitative estimate of drug-likeness (QED) is 0.875. The highest BCUT2D eigenvalue weighted by atomic mass is 19.1. The summed E-state index contributed by atoms with van der Waals surface area (Å²) in [6, 6.07) is 5.53. The Kier molecular flexibility index (Phi) is 4.43. The van der Waals surface area contributed by atoms with E-state index in [-0.39, 0.29) is 23.4 Å². The summed E-state index contributed by atoms with van der Waals surface area (Å²) >= 11 is 0. The second kappa shape index (κ2) is 6.21. The molecule has 1 saturated carbocycles. The number of aryl methyl sites for hydroxylation is 1. The van der Waals surface area contributed by atoms with Crippen LogP contribution in [-0.2, 0) is 16.1 Å². The molecule has 4 nitrogen and oxygen atoms in total. The molecule has 0 aromatic heterocycles. The maximum absolute atomic E-state index is 13.5. The number of nitrogens with zero attached hydrogens (tertiary/aromatic N) is 1. The summed E-state index contributed by atoms with van der Waals surface area (Å²) in [4.78, 5) is 14.3. The largest absolute Gasteiger partial charge is 0.371 e. The fraction of sp³-hybridized carbons (Fsp3) is 0.611. The van der Waals surface area contributed by atoms with Crippen LogP contribution in [-0.4, -0.2) is 41.6 Å². The predicted octanol–water partition coefficient (Wildman–Crippen LogP) is 2.39. The summed E-state index contributed by atoms with van der Waals surface area (Å²) in [6.45, 7) is 7.43. The van der Waals surface area contributed by atoms with Gasteiger partial charge >= 0.3 is 0 Å². The molecule has 3 fully saturated rings. The van der Waals surface area contributed by atoms with Crippen LogP contribution in [0.25, 0.3) is 0 Å². The van der Waals surface area contributed by atoms with E-state index in [4.69, 9.17) is 4.74 Å². The van der Waals surface area contributed by atoms with Crippen LogP contribution in [0, 0.1) is 12.7 Å². The number of rotatable bonds is 6. The Morgan fingerprint density at radius 1 is 1.48 bits per heavy atom. The SMILES string of the molecule is Cc1ccc(CNC(=O)CN2CC3(OC(C)C)CC2C3)cc1F. The molecule has 1 amide bonds. The molecule has 0 radical (unpaired) electrons. The Bertz CT molecular complexity index is 597. The number of ether oxygens (including phenoxy) is 1. The van der Waals surface area contributed by atoms with Crippen LogP contribution in [0.4, 0.5) is 4.39 Å². The average molecular weight is 320 g/mol. The Morgan fingerprint density at radius 2 is 2.22 bits per heavy atom. The van der Waals surface area contributed by atoms with Gasteiger partial charge in [0.2, 0.25) is 5.91 Å². The van der Waals surface area contributed by atoms with Crippen molar-refractivity contribution in [2.75, 3.05) is 13.1 Å². The van der Waals surface area contributed by atoms with Crippen LogP contribution in [0.2, 0.25) is 0 Å². The number of carbonyl (C=O) groups excluding carboxylic acids is 1. The third kappa shape index (κ3) is 3.56. The molecule has 1 aromatic carbocycles. The molecule has 1 N–H and O–H groups in total. The molecule has 2 bridgehead atoms. The van der Waals surface area contributed by atoms with Gasteiger partial charge in [0.25, 0.3) is 0 Å². The number of halogens is 1. The van der Waals surface area contributed by atoms with Gasteiger partial charge in [-0.15, -0.1) is 0 Å². The monoisotopic (exact) mass is 320 g/mol. The Balaban J connectivity index is 1.46. The molecule has 3 aliphatic rings. The molecule has 2 heterocycles. The molecule has 0 spiro atoms. The Labute approximate surface area is 137 Å². The number of fused-ring (bicyclic) bond motifs is 1. The van der Waals surface area contributed by atoms with Gasteiger partial charge in [-0.1, -0.05) is 12.1 Å². The summed E-state index contributed by atoms with van der Waals surface area (Å²) in [7, 11) is 0. The zero-order valence-electron chi connectivity index (χ0n) is 14.1. The highest BCUT2D eigenvalue weighted by Gasteiger charge is 2.56. The number of amides is 1. The average Bonchev–Trinajstić information content (AvgIpc) is 2.92. The van der Waals surface area contributed by atoms with Gasteiger partial charge in [-0.05, 0) is 50.8 Å². The molecule has 2 aliphatic heterocycles. The lowest BCUT2D eigenvalue weighted by Gasteiger charge is -2.38. The van der Waals surface area contributed by atoms with E-state index in [0.29, 0.717) is 24.7 Å². The van der Waals surface area contributed by atoms with Crippen LogP contribution < -0.4 is 5.32 Å². The first-order chi connectivity index (χ1) is 10.9. The second-order valence-corrected chi connectivity index (χ2v) is 7.18. The first-order valence-corrected chi connectivity index (χ1v) is 8.30. The van der Waals surface area contributed by atoms with E-state index in [2.05, 4.69) is 24.1 Å². The van der Waals surface area contributed by atoms with Crippen LogP contribution >= 0.6 is 0 Å². The molecule has 0 atom stereocenters. The van der Waals surface area contributed by atoms with Gasteiger partial charge < -0.3 is 10.1 Å². The van der Waals surface area contributed by atoms with E-state index in [0.717, 1.165) is 24.9 Å². The summed E-state index contributed by atoms with van der Waals surface area (Å²) in [5, 5.41) is 2.88. The van der Waals surface area contributed by atoms with E-state index in [9.17, 15) is 9.18 Å². The molecular formula is C18H25FN2O2. The van der Waals surface area contributed by atoms with Crippen LogP contribution in [0.15, 0.2) is 18.2 Å². The van der Waals surface area contributed by atoms with Crippen molar-refractivity contribution in [1.29, 1.82) is 0 Å². The third-order valence-corrected chi connectivity index (χ3v) is 4.78. The van der Waals surface area contributed by atoms with Crippen molar-refractivity contribution < 1.29 is 13.9 Å². The maximum atomic E-state index is 13.5. The van der Waals surface area contributed by atoms with Gasteiger partial charge in [0.15, 0.2) is 0 Å². The molecule has 5 heteroatoms. The van der Waals surface area contributed by atoms with Gasteiger partial charge in [0.1, 0.15) is 5.82 Å². The maximum Gasteiger partial charge on any atom is 0.234 e. The van der Waals surface area contributed by atoms with E-state index in [1.807, 2.05) is 6.07 Å². The lowest BCUT2D eigenvalue weighted by atomic mass is 9.81. The fourth-order valence-corrected chi connectivity index (χ4v) is 3.69. The van der Waals surface area contributed by atoms with Gasteiger partial charge in [0, 0.05) is 19.1 Å². The number of hydrogen-bond acceptors (Lipinski definition) is 3. The zero-order valence-corrected chi connectivity index (χ0v) is 14.1. The standard InChI is InChI=1S/C18H25FN2O2/c1-12(2)23-18-7-15(8-18)21(11-18)10-17(22)20-9-14-5-4-13(3)16(19)6-14/h4-6,12,15H,7-11H2,1-3H3,(H,20,22). The van der Waals surface area contributed by atoms with Crippen molar-refractivity contribution >= 4 is 5.91 Å². The second-order valence-electron chi connectivity index (χ2n) is 7.18. The van der Waals surface area contributed by atoms with E-state index >= 15 is 0 Å². The summed E-state index contributed by atoms with van der Waals surface area (Å²) in [6.07, 6.45) is 2.28. The highest BCUT2D eigenvalue weighted by molar-refractivity contribution is 5.78. The van der Waals surface area contributed by atoms with Crippen molar-refractivity contribution in [1.82, 2.24) is 10.2 Å². The molecular weight excluding hydrogens is 295 g/mol. The molecule has 2 saturated heterocycles. The topological polar surface area (TPSA) is 41.6 Å². The lowest BCUT2D eigenvalue weighted by Crippen LogP contribution is -2.44. The summed E-state index contributed by atoms with van der Waals surface area (Å²) in [5.41, 5.74) is 1.37. The van der Waals surface area contributed by atoms with Crippen molar-refractivity contribution in [2.24, 2.45) is 0 Å². The van der Waals surface area contributed by atoms with Crippen molar-refractivity contribution in [3.8, 4) is 0 Å². The minimum absolute atomic E-state index is 0.0155. The van der Waals surface area contributed by atoms with Crippen LogP contribution in [0.5, 0.6) is 0 Å². The summed E-state index contributed by atoms with van der Waals surface area (Å²) < 4.78 is 19.5. The van der Waals surface area contributed by atoms with Crippen molar-refractivity contribution in [2.45, 2.75) is 57.9 Å².